The number of likely N-dealkylation sites (N-methyl/N-ethyl adjacent to an activating group) is 1. The van der Waals surface area contributed by atoms with Crippen molar-refractivity contribution in [2.75, 3.05) is 47.4 Å². The molecule has 2 rings (SSSR count). The molecule has 0 spiro atoms. The summed E-state index contributed by atoms with van der Waals surface area (Å²) in [5.41, 5.74) is 1.12. The molecule has 0 heterocycles. The van der Waals surface area contributed by atoms with E-state index in [1.165, 1.54) is 11.0 Å². The Morgan fingerprint density at radius 3 is 2.42 bits per heavy atom. The Hall–Kier alpha value is -3.36. The minimum Gasteiger partial charge on any atom is -0.497 e. The van der Waals surface area contributed by atoms with Gasteiger partial charge in [-0.25, -0.2) is 13.8 Å². The minimum atomic E-state index is -0.761. The number of hydrogen-bond donors (Lipinski definition) is 2. The fourth-order valence-electron chi connectivity index (χ4n) is 2.50. The number of benzene rings is 2. The lowest BCUT2D eigenvalue weighted by Crippen LogP contribution is -2.41. The van der Waals surface area contributed by atoms with E-state index in [9.17, 15) is 13.6 Å². The van der Waals surface area contributed by atoms with Crippen molar-refractivity contribution in [3.63, 3.8) is 0 Å². The van der Waals surface area contributed by atoms with E-state index >= 15 is 0 Å². The fourth-order valence-corrected chi connectivity index (χ4v) is 2.50. The first kappa shape index (κ1) is 23.9. The first-order valence-corrected chi connectivity index (χ1v) is 9.82. The zero-order valence-corrected chi connectivity index (χ0v) is 18.0. The Morgan fingerprint density at radius 2 is 1.77 bits per heavy atom. The van der Waals surface area contributed by atoms with Crippen LogP contribution in [-0.4, -0.2) is 64.2 Å². The van der Waals surface area contributed by atoms with Crippen LogP contribution in [0.2, 0.25) is 0 Å². The van der Waals surface area contributed by atoms with Crippen LogP contribution in [0.25, 0.3) is 0 Å². The van der Waals surface area contributed by atoms with Gasteiger partial charge in [-0.3, -0.25) is 4.79 Å². The molecular formula is C22H28F2N4O3. The third-order valence-electron chi connectivity index (χ3n) is 4.28. The van der Waals surface area contributed by atoms with Crippen LogP contribution in [0.15, 0.2) is 47.5 Å². The molecule has 0 aliphatic rings. The molecule has 0 saturated carbocycles. The van der Waals surface area contributed by atoms with Crippen LogP contribution in [0.5, 0.6) is 11.5 Å². The van der Waals surface area contributed by atoms with Gasteiger partial charge < -0.3 is 25.0 Å². The highest BCUT2D eigenvalue weighted by Crippen LogP contribution is 2.17. The summed E-state index contributed by atoms with van der Waals surface area (Å²) in [5, 5.41) is 6.21. The van der Waals surface area contributed by atoms with Crippen molar-refractivity contribution < 1.29 is 23.0 Å². The molecule has 2 aromatic rings. The topological polar surface area (TPSA) is 75.2 Å². The van der Waals surface area contributed by atoms with Crippen molar-refractivity contribution in [2.45, 2.75) is 6.42 Å². The molecule has 9 heteroatoms. The molecule has 0 bridgehead atoms. The number of nitrogens with one attached hydrogen (secondary N) is 2. The van der Waals surface area contributed by atoms with Crippen molar-refractivity contribution in [3.05, 3.63) is 59.7 Å². The molecule has 1 amide bonds. The average Bonchev–Trinajstić information content (AvgIpc) is 2.75. The quantitative estimate of drug-likeness (QED) is 0.341. The van der Waals surface area contributed by atoms with Gasteiger partial charge in [0.2, 0.25) is 5.91 Å². The molecule has 0 aliphatic carbocycles. The van der Waals surface area contributed by atoms with Gasteiger partial charge in [-0.05, 0) is 36.2 Å². The van der Waals surface area contributed by atoms with Gasteiger partial charge >= 0.3 is 0 Å². The zero-order chi connectivity index (χ0) is 22.6. The Kier molecular flexibility index (Phi) is 9.54. The van der Waals surface area contributed by atoms with Gasteiger partial charge in [-0.1, -0.05) is 12.1 Å². The SMILES string of the molecule is COc1ccc(CCNC(=NCC(=O)N(C)C)NCCOc2ccc(F)cc2F)cc1. The van der Waals surface area contributed by atoms with Gasteiger partial charge in [-0.15, -0.1) is 0 Å². The minimum absolute atomic E-state index is 0.0156. The Balaban J connectivity index is 1.86. The van der Waals surface area contributed by atoms with Crippen molar-refractivity contribution in [2.24, 2.45) is 4.99 Å². The first-order chi connectivity index (χ1) is 14.9. The second kappa shape index (κ2) is 12.4. The lowest BCUT2D eigenvalue weighted by molar-refractivity contribution is -0.127. The lowest BCUT2D eigenvalue weighted by atomic mass is 10.1. The van der Waals surface area contributed by atoms with Crippen LogP contribution in [0.1, 0.15) is 5.56 Å². The highest BCUT2D eigenvalue weighted by atomic mass is 19.1. The number of ether oxygens (including phenoxy) is 2. The Bertz CT molecular complexity index is 874. The second-order valence-electron chi connectivity index (χ2n) is 6.83. The number of amides is 1. The van der Waals surface area contributed by atoms with Gasteiger partial charge in [0, 0.05) is 26.7 Å². The monoisotopic (exact) mass is 434 g/mol. The number of hydrogen-bond acceptors (Lipinski definition) is 4. The molecule has 0 aromatic heterocycles. The van der Waals surface area contributed by atoms with E-state index in [1.807, 2.05) is 24.3 Å². The van der Waals surface area contributed by atoms with Crippen molar-refractivity contribution in [1.82, 2.24) is 15.5 Å². The number of halogens is 2. The van der Waals surface area contributed by atoms with E-state index in [4.69, 9.17) is 9.47 Å². The predicted octanol–water partition coefficient (Wildman–Crippen LogP) is 2.22. The molecule has 168 valence electrons. The van der Waals surface area contributed by atoms with Crippen molar-refractivity contribution >= 4 is 11.9 Å². The third-order valence-corrected chi connectivity index (χ3v) is 4.28. The summed E-state index contributed by atoms with van der Waals surface area (Å²) in [6.45, 7) is 1.00. The van der Waals surface area contributed by atoms with E-state index in [0.717, 1.165) is 29.9 Å². The van der Waals surface area contributed by atoms with Gasteiger partial charge in [0.05, 0.1) is 13.7 Å². The number of nitrogens with zero attached hydrogens (tertiary/aromatic N) is 2. The standard InChI is InChI=1S/C22H28F2N4O3/c1-28(2)21(29)15-27-22(25-11-10-16-4-7-18(30-3)8-5-16)26-12-13-31-20-9-6-17(23)14-19(20)24/h4-9,14H,10-13,15H2,1-3H3,(H2,25,26,27). The highest BCUT2D eigenvalue weighted by molar-refractivity contribution is 5.84. The summed E-state index contributed by atoms with van der Waals surface area (Å²) in [4.78, 5) is 17.6. The maximum absolute atomic E-state index is 13.6. The molecule has 2 N–H and O–H groups in total. The molecule has 0 fully saturated rings. The number of methoxy groups -OCH3 is 1. The van der Waals surface area contributed by atoms with E-state index in [2.05, 4.69) is 15.6 Å². The summed E-state index contributed by atoms with van der Waals surface area (Å²) in [7, 11) is 4.94. The van der Waals surface area contributed by atoms with E-state index in [0.29, 0.717) is 19.0 Å². The predicted molar refractivity (Wildman–Crippen MR) is 116 cm³/mol. The van der Waals surface area contributed by atoms with Crippen LogP contribution < -0.4 is 20.1 Å². The van der Waals surface area contributed by atoms with Gasteiger partial charge in [0.25, 0.3) is 0 Å². The first-order valence-electron chi connectivity index (χ1n) is 9.82. The van der Waals surface area contributed by atoms with Crippen molar-refractivity contribution in [1.29, 1.82) is 0 Å². The number of guanidine groups is 1. The van der Waals surface area contributed by atoms with Gasteiger partial charge in [0.1, 0.15) is 24.7 Å². The second-order valence-corrected chi connectivity index (χ2v) is 6.83. The van der Waals surface area contributed by atoms with Gasteiger partial charge in [-0.2, -0.15) is 0 Å². The summed E-state index contributed by atoms with van der Waals surface area (Å²) in [6, 6.07) is 10.9. The molecule has 31 heavy (non-hydrogen) atoms. The average molecular weight is 434 g/mol. The van der Waals surface area contributed by atoms with Crippen LogP contribution in [-0.2, 0) is 11.2 Å². The third kappa shape index (κ3) is 8.49. The smallest absolute Gasteiger partial charge is 0.243 e. The zero-order valence-electron chi connectivity index (χ0n) is 18.0. The molecule has 0 radical (unpaired) electrons. The molecule has 0 unspecified atom stereocenters. The lowest BCUT2D eigenvalue weighted by Gasteiger charge is -2.14. The molecule has 2 aromatic carbocycles. The molecule has 0 aliphatic heterocycles. The normalized spacial score (nSPS) is 11.1. The highest BCUT2D eigenvalue weighted by Gasteiger charge is 2.07. The summed E-state index contributed by atoms with van der Waals surface area (Å²) < 4.78 is 37.1. The van der Waals surface area contributed by atoms with Crippen LogP contribution >= 0.6 is 0 Å². The number of carbonyl (C=O) groups excluding carboxylic acids is 1. The number of aliphatic imine (C=N–C) groups is 1. The molecular weight excluding hydrogens is 406 g/mol. The van der Waals surface area contributed by atoms with Crippen LogP contribution in [0.3, 0.4) is 0 Å². The molecule has 0 saturated heterocycles. The maximum Gasteiger partial charge on any atom is 0.243 e. The Morgan fingerprint density at radius 1 is 1.06 bits per heavy atom. The van der Waals surface area contributed by atoms with E-state index in [-0.39, 0.29) is 24.8 Å². The largest absolute Gasteiger partial charge is 0.497 e. The van der Waals surface area contributed by atoms with Crippen LogP contribution in [0.4, 0.5) is 8.78 Å². The summed E-state index contributed by atoms with van der Waals surface area (Å²) >= 11 is 0. The number of carbonyl (C=O) groups is 1. The summed E-state index contributed by atoms with van der Waals surface area (Å²) in [5.74, 6) is -0.364. The summed E-state index contributed by atoms with van der Waals surface area (Å²) in [6.07, 6.45) is 0.740. The maximum atomic E-state index is 13.6. The van der Waals surface area contributed by atoms with Gasteiger partial charge in [0.15, 0.2) is 17.5 Å². The van der Waals surface area contributed by atoms with E-state index in [1.54, 1.807) is 21.2 Å². The van der Waals surface area contributed by atoms with Crippen LogP contribution in [0, 0.1) is 11.6 Å². The fraction of sp³-hybridized carbons (Fsp3) is 0.364. The van der Waals surface area contributed by atoms with E-state index < -0.39 is 11.6 Å². The molecule has 7 nitrogen and oxygen atoms in total. The molecule has 0 atom stereocenters. The Labute approximate surface area is 181 Å². The number of rotatable bonds is 10. The van der Waals surface area contributed by atoms with Crippen molar-refractivity contribution in [3.8, 4) is 11.5 Å².